The van der Waals surface area contributed by atoms with Crippen molar-refractivity contribution in [2.24, 2.45) is 0 Å². The molecule has 0 aliphatic heterocycles. The Bertz CT molecular complexity index is 1050. The van der Waals surface area contributed by atoms with Gasteiger partial charge in [-0.1, -0.05) is 48.5 Å². The molecule has 0 bridgehead atoms. The van der Waals surface area contributed by atoms with Crippen LogP contribution in [0.25, 0.3) is 0 Å². The number of anilines is 1. The molecule has 1 aromatic heterocycles. The van der Waals surface area contributed by atoms with Crippen LogP contribution in [-0.4, -0.2) is 15.4 Å². The van der Waals surface area contributed by atoms with Crippen molar-refractivity contribution in [3.8, 4) is 0 Å². The number of carbonyl (C=O) groups is 1. The molecule has 3 rings (SSSR count). The Kier molecular flexibility index (Phi) is 6.00. The Labute approximate surface area is 169 Å². The van der Waals surface area contributed by atoms with E-state index in [-0.39, 0.29) is 22.6 Å². The number of nitrogens with zero attached hydrogens (tertiary/aromatic N) is 3. The molecule has 0 fully saturated rings. The standard InChI is InChI=1S/C20H16BrN3O4/c21-18-11-17(24(27)28)13-22(20(18)26)14-19(25)23(16-9-5-2-6-10-16)12-15-7-3-1-4-8-15/h1-11,13H,12,14H2. The summed E-state index contributed by atoms with van der Waals surface area (Å²) in [6.07, 6.45) is 1.08. The van der Waals surface area contributed by atoms with Crippen molar-refractivity contribution < 1.29 is 9.72 Å². The van der Waals surface area contributed by atoms with E-state index in [1.807, 2.05) is 48.5 Å². The highest BCUT2D eigenvalue weighted by atomic mass is 79.9. The van der Waals surface area contributed by atoms with Gasteiger partial charge in [0.15, 0.2) is 0 Å². The smallest absolute Gasteiger partial charge is 0.286 e. The van der Waals surface area contributed by atoms with Crippen molar-refractivity contribution in [1.29, 1.82) is 0 Å². The number of hydrogen-bond acceptors (Lipinski definition) is 4. The van der Waals surface area contributed by atoms with E-state index in [1.165, 1.54) is 0 Å². The summed E-state index contributed by atoms with van der Waals surface area (Å²) in [5.41, 5.74) is 0.821. The zero-order valence-electron chi connectivity index (χ0n) is 14.7. The third-order valence-corrected chi connectivity index (χ3v) is 4.66. The second kappa shape index (κ2) is 8.62. The van der Waals surface area contributed by atoms with Crippen LogP contribution in [-0.2, 0) is 17.9 Å². The molecule has 7 nitrogen and oxygen atoms in total. The van der Waals surface area contributed by atoms with Crippen LogP contribution in [0.1, 0.15) is 5.56 Å². The van der Waals surface area contributed by atoms with Crippen LogP contribution in [0.5, 0.6) is 0 Å². The van der Waals surface area contributed by atoms with Gasteiger partial charge in [-0.2, -0.15) is 0 Å². The molecular formula is C20H16BrN3O4. The molecule has 2 aromatic carbocycles. The minimum Gasteiger partial charge on any atom is -0.306 e. The van der Waals surface area contributed by atoms with Crippen LogP contribution in [0.4, 0.5) is 11.4 Å². The monoisotopic (exact) mass is 441 g/mol. The number of para-hydroxylation sites is 1. The highest BCUT2D eigenvalue weighted by molar-refractivity contribution is 9.10. The van der Waals surface area contributed by atoms with Crippen molar-refractivity contribution in [1.82, 2.24) is 4.57 Å². The van der Waals surface area contributed by atoms with E-state index in [9.17, 15) is 19.7 Å². The first kappa shape index (κ1) is 19.5. The highest BCUT2D eigenvalue weighted by Gasteiger charge is 2.20. The van der Waals surface area contributed by atoms with E-state index in [4.69, 9.17) is 0 Å². The summed E-state index contributed by atoms with van der Waals surface area (Å²) in [6.45, 7) is -0.00459. The molecule has 0 spiro atoms. The lowest BCUT2D eigenvalue weighted by Crippen LogP contribution is -2.36. The molecule has 0 aliphatic rings. The topological polar surface area (TPSA) is 85.5 Å². The summed E-state index contributed by atoms with van der Waals surface area (Å²) >= 11 is 3.03. The van der Waals surface area contributed by atoms with Gasteiger partial charge in [-0.3, -0.25) is 24.3 Å². The van der Waals surface area contributed by atoms with E-state index in [1.54, 1.807) is 17.0 Å². The molecule has 3 aromatic rings. The lowest BCUT2D eigenvalue weighted by Gasteiger charge is -2.23. The summed E-state index contributed by atoms with van der Waals surface area (Å²) in [6, 6.07) is 19.7. The fourth-order valence-corrected chi connectivity index (χ4v) is 3.19. The zero-order chi connectivity index (χ0) is 20.1. The average Bonchev–Trinajstić information content (AvgIpc) is 2.70. The highest BCUT2D eigenvalue weighted by Crippen LogP contribution is 2.19. The molecule has 0 N–H and O–H groups in total. The van der Waals surface area contributed by atoms with Gasteiger partial charge in [0, 0.05) is 11.8 Å². The van der Waals surface area contributed by atoms with Crippen molar-refractivity contribution in [2.75, 3.05) is 4.90 Å². The molecule has 0 aliphatic carbocycles. The SMILES string of the molecule is O=C(Cn1cc([N+](=O)[O-])cc(Br)c1=O)N(Cc1ccccc1)c1ccccc1. The molecule has 1 amide bonds. The maximum Gasteiger partial charge on any atom is 0.286 e. The number of pyridine rings is 1. The minimum atomic E-state index is -0.607. The Morgan fingerprint density at radius 2 is 1.68 bits per heavy atom. The summed E-state index contributed by atoms with van der Waals surface area (Å²) in [7, 11) is 0. The van der Waals surface area contributed by atoms with Gasteiger partial charge in [0.2, 0.25) is 5.91 Å². The second-order valence-corrected chi connectivity index (χ2v) is 6.89. The first-order chi connectivity index (χ1) is 13.5. The first-order valence-electron chi connectivity index (χ1n) is 8.39. The molecule has 28 heavy (non-hydrogen) atoms. The lowest BCUT2D eigenvalue weighted by atomic mass is 10.2. The predicted octanol–water partition coefficient (Wildman–Crippen LogP) is 3.75. The van der Waals surface area contributed by atoms with E-state index in [0.29, 0.717) is 12.2 Å². The van der Waals surface area contributed by atoms with Crippen LogP contribution in [0, 0.1) is 10.1 Å². The van der Waals surface area contributed by atoms with E-state index in [0.717, 1.165) is 22.4 Å². The van der Waals surface area contributed by atoms with Crippen molar-refractivity contribution in [3.05, 3.63) is 103 Å². The van der Waals surface area contributed by atoms with E-state index in [2.05, 4.69) is 15.9 Å². The summed E-state index contributed by atoms with van der Waals surface area (Å²) < 4.78 is 1.08. The molecule has 142 valence electrons. The molecule has 0 radical (unpaired) electrons. The van der Waals surface area contributed by atoms with Crippen LogP contribution in [0.3, 0.4) is 0 Å². The zero-order valence-corrected chi connectivity index (χ0v) is 16.3. The number of rotatable bonds is 6. The quantitative estimate of drug-likeness (QED) is 0.430. The third-order valence-electron chi connectivity index (χ3n) is 4.10. The van der Waals surface area contributed by atoms with Crippen molar-refractivity contribution in [2.45, 2.75) is 13.1 Å². The Morgan fingerprint density at radius 3 is 2.29 bits per heavy atom. The second-order valence-electron chi connectivity index (χ2n) is 6.04. The molecular weight excluding hydrogens is 426 g/mol. The number of halogens is 1. The van der Waals surface area contributed by atoms with Crippen LogP contribution < -0.4 is 10.5 Å². The largest absolute Gasteiger partial charge is 0.306 e. The van der Waals surface area contributed by atoms with Gasteiger partial charge in [-0.25, -0.2) is 0 Å². The van der Waals surface area contributed by atoms with Crippen LogP contribution in [0.2, 0.25) is 0 Å². The van der Waals surface area contributed by atoms with E-state index >= 15 is 0 Å². The fraction of sp³-hybridized carbons (Fsp3) is 0.100. The fourth-order valence-electron chi connectivity index (χ4n) is 2.73. The first-order valence-corrected chi connectivity index (χ1v) is 9.18. The Morgan fingerprint density at radius 1 is 1.07 bits per heavy atom. The third kappa shape index (κ3) is 4.52. The van der Waals surface area contributed by atoms with Gasteiger partial charge in [-0.15, -0.1) is 0 Å². The normalized spacial score (nSPS) is 10.5. The number of aromatic nitrogens is 1. The molecule has 0 atom stereocenters. The van der Waals surface area contributed by atoms with Gasteiger partial charge >= 0.3 is 0 Å². The minimum absolute atomic E-state index is 0.0313. The molecule has 1 heterocycles. The summed E-state index contributed by atoms with van der Waals surface area (Å²) in [5.74, 6) is -0.357. The van der Waals surface area contributed by atoms with Crippen LogP contribution >= 0.6 is 15.9 Å². The maximum absolute atomic E-state index is 13.0. The molecule has 0 saturated carbocycles. The maximum atomic E-state index is 13.0. The lowest BCUT2D eigenvalue weighted by molar-refractivity contribution is -0.385. The van der Waals surface area contributed by atoms with Crippen molar-refractivity contribution >= 4 is 33.2 Å². The summed E-state index contributed by atoms with van der Waals surface area (Å²) in [4.78, 5) is 37.4. The van der Waals surface area contributed by atoms with Gasteiger partial charge in [0.05, 0.1) is 22.1 Å². The van der Waals surface area contributed by atoms with Gasteiger partial charge in [0.1, 0.15) is 6.54 Å². The Balaban J connectivity index is 1.94. The summed E-state index contributed by atoms with van der Waals surface area (Å²) in [5, 5.41) is 11.1. The Hall–Kier alpha value is -3.26. The number of carbonyl (C=O) groups excluding carboxylic acids is 1. The number of hydrogen-bond donors (Lipinski definition) is 0. The van der Waals surface area contributed by atoms with E-state index < -0.39 is 10.5 Å². The van der Waals surface area contributed by atoms with Crippen molar-refractivity contribution in [3.63, 3.8) is 0 Å². The van der Waals surface area contributed by atoms with Gasteiger partial charge in [0.25, 0.3) is 11.2 Å². The molecule has 8 heteroatoms. The number of nitro groups is 1. The van der Waals surface area contributed by atoms with Gasteiger partial charge in [-0.05, 0) is 33.6 Å². The average molecular weight is 442 g/mol. The number of amides is 1. The predicted molar refractivity (Wildman–Crippen MR) is 109 cm³/mol. The molecule has 0 unspecified atom stereocenters. The van der Waals surface area contributed by atoms with Gasteiger partial charge < -0.3 is 4.90 Å². The number of benzene rings is 2. The molecule has 0 saturated heterocycles. The van der Waals surface area contributed by atoms with Crippen LogP contribution in [0.15, 0.2) is 82.2 Å².